The van der Waals surface area contributed by atoms with Gasteiger partial charge in [-0.25, -0.2) is 0 Å². The molecule has 6 heteroatoms. The topological polar surface area (TPSA) is 75.9 Å². The van der Waals surface area contributed by atoms with Crippen molar-refractivity contribution in [2.45, 2.75) is 32.5 Å². The van der Waals surface area contributed by atoms with Crippen molar-refractivity contribution in [3.63, 3.8) is 0 Å². The number of nitrogens with two attached hydrogens (primary N) is 1. The molecule has 0 unspecified atom stereocenters. The number of nitrogens with zero attached hydrogens (tertiary/aromatic N) is 2. The standard InChI is InChI=1S/C17H25N3O3/c1-12(2)20-9-8-19(10-15(20)16(18)21)17(22)14-6-4-13(5-7-14)11-23-3/h4-7,12,15H,8-11H2,1-3H3,(H2,18,21)/t15-/m0/s1. The third kappa shape index (κ3) is 4.09. The van der Waals surface area contributed by atoms with Gasteiger partial charge >= 0.3 is 0 Å². The summed E-state index contributed by atoms with van der Waals surface area (Å²) in [6.45, 7) is 6.17. The minimum atomic E-state index is -0.430. The molecule has 0 aromatic heterocycles. The number of rotatable bonds is 5. The van der Waals surface area contributed by atoms with Crippen LogP contribution in [0.15, 0.2) is 24.3 Å². The summed E-state index contributed by atoms with van der Waals surface area (Å²) in [6, 6.07) is 7.15. The van der Waals surface area contributed by atoms with Crippen molar-refractivity contribution >= 4 is 11.8 Å². The van der Waals surface area contributed by atoms with E-state index >= 15 is 0 Å². The number of piperazine rings is 1. The van der Waals surface area contributed by atoms with Gasteiger partial charge in [0, 0.05) is 38.3 Å². The van der Waals surface area contributed by atoms with Gasteiger partial charge in [-0.3, -0.25) is 14.5 Å². The lowest BCUT2D eigenvalue weighted by molar-refractivity contribution is -0.126. The summed E-state index contributed by atoms with van der Waals surface area (Å²) in [4.78, 5) is 28.1. The normalized spacial score (nSPS) is 19.1. The fourth-order valence-electron chi connectivity index (χ4n) is 2.95. The number of primary amides is 1. The third-order valence-electron chi connectivity index (χ3n) is 4.21. The van der Waals surface area contributed by atoms with Gasteiger partial charge in [0.25, 0.3) is 5.91 Å². The Bertz CT molecular complexity index is 557. The van der Waals surface area contributed by atoms with E-state index < -0.39 is 6.04 Å². The van der Waals surface area contributed by atoms with Crippen LogP contribution in [0.1, 0.15) is 29.8 Å². The number of carbonyl (C=O) groups excluding carboxylic acids is 2. The molecule has 0 spiro atoms. The minimum Gasteiger partial charge on any atom is -0.380 e. The summed E-state index contributed by atoms with van der Waals surface area (Å²) in [6.07, 6.45) is 0. The average Bonchev–Trinajstić information content (AvgIpc) is 2.54. The highest BCUT2D eigenvalue weighted by molar-refractivity contribution is 5.95. The van der Waals surface area contributed by atoms with Crippen LogP contribution in [0, 0.1) is 0 Å². The lowest BCUT2D eigenvalue weighted by atomic mass is 10.1. The second-order valence-electron chi connectivity index (χ2n) is 6.13. The first-order valence-corrected chi connectivity index (χ1v) is 7.86. The maximum Gasteiger partial charge on any atom is 0.253 e. The first-order chi connectivity index (χ1) is 10.9. The minimum absolute atomic E-state index is 0.0661. The molecule has 1 heterocycles. The van der Waals surface area contributed by atoms with Crippen molar-refractivity contribution in [1.29, 1.82) is 0 Å². The number of ether oxygens (including phenoxy) is 1. The first-order valence-electron chi connectivity index (χ1n) is 7.86. The van der Waals surface area contributed by atoms with E-state index in [0.29, 0.717) is 31.8 Å². The highest BCUT2D eigenvalue weighted by atomic mass is 16.5. The van der Waals surface area contributed by atoms with Crippen LogP contribution in [0.2, 0.25) is 0 Å². The molecule has 6 nitrogen and oxygen atoms in total. The fraction of sp³-hybridized carbons (Fsp3) is 0.529. The molecular weight excluding hydrogens is 294 g/mol. The van der Waals surface area contributed by atoms with Gasteiger partial charge < -0.3 is 15.4 Å². The van der Waals surface area contributed by atoms with Gasteiger partial charge in [0.05, 0.1) is 6.61 Å². The smallest absolute Gasteiger partial charge is 0.253 e. The van der Waals surface area contributed by atoms with E-state index in [-0.39, 0.29) is 17.9 Å². The fourth-order valence-corrected chi connectivity index (χ4v) is 2.95. The van der Waals surface area contributed by atoms with Gasteiger partial charge in [-0.15, -0.1) is 0 Å². The van der Waals surface area contributed by atoms with Crippen LogP contribution in [0.3, 0.4) is 0 Å². The van der Waals surface area contributed by atoms with Crippen molar-refractivity contribution in [3.8, 4) is 0 Å². The van der Waals surface area contributed by atoms with Crippen LogP contribution in [0.4, 0.5) is 0 Å². The van der Waals surface area contributed by atoms with Crippen molar-refractivity contribution < 1.29 is 14.3 Å². The van der Waals surface area contributed by atoms with E-state index in [1.807, 2.05) is 30.9 Å². The average molecular weight is 319 g/mol. The van der Waals surface area contributed by atoms with Gasteiger partial charge in [0.1, 0.15) is 6.04 Å². The molecule has 1 aliphatic rings. The SMILES string of the molecule is COCc1ccc(C(=O)N2CCN(C(C)C)[C@H](C(N)=O)C2)cc1. The van der Waals surface area contributed by atoms with Crippen LogP contribution in [-0.4, -0.2) is 60.4 Å². The molecule has 2 N–H and O–H groups in total. The summed E-state index contributed by atoms with van der Waals surface area (Å²) < 4.78 is 5.07. The van der Waals surface area contributed by atoms with Crippen molar-refractivity contribution in [1.82, 2.24) is 9.80 Å². The predicted octanol–water partition coefficient (Wildman–Crippen LogP) is 0.853. The zero-order valence-corrected chi connectivity index (χ0v) is 14.0. The van der Waals surface area contributed by atoms with E-state index in [1.165, 1.54) is 0 Å². The summed E-state index contributed by atoms with van der Waals surface area (Å²) in [5, 5.41) is 0. The molecule has 1 aromatic rings. The number of hydrogen-bond donors (Lipinski definition) is 1. The Morgan fingerprint density at radius 3 is 2.43 bits per heavy atom. The van der Waals surface area contributed by atoms with Gasteiger partial charge in [0.2, 0.25) is 5.91 Å². The van der Waals surface area contributed by atoms with Gasteiger partial charge in [0.15, 0.2) is 0 Å². The molecule has 0 saturated carbocycles. The third-order valence-corrected chi connectivity index (χ3v) is 4.21. The molecule has 23 heavy (non-hydrogen) atoms. The van der Waals surface area contributed by atoms with Crippen LogP contribution in [-0.2, 0) is 16.1 Å². The zero-order chi connectivity index (χ0) is 17.0. The molecule has 1 aromatic carbocycles. The second-order valence-corrected chi connectivity index (χ2v) is 6.13. The maximum atomic E-state index is 12.6. The molecule has 126 valence electrons. The van der Waals surface area contributed by atoms with Crippen LogP contribution < -0.4 is 5.73 Å². The molecule has 0 bridgehead atoms. The van der Waals surface area contributed by atoms with Crippen molar-refractivity contribution in [2.24, 2.45) is 5.73 Å². The molecule has 1 atom stereocenters. The molecule has 1 saturated heterocycles. The maximum absolute atomic E-state index is 12.6. The summed E-state index contributed by atoms with van der Waals surface area (Å²) in [5.41, 5.74) is 7.15. The molecule has 2 rings (SSSR count). The quantitative estimate of drug-likeness (QED) is 0.873. The van der Waals surface area contributed by atoms with Crippen LogP contribution in [0.25, 0.3) is 0 Å². The van der Waals surface area contributed by atoms with E-state index in [0.717, 1.165) is 5.56 Å². The number of methoxy groups -OCH3 is 1. The Balaban J connectivity index is 2.09. The van der Waals surface area contributed by atoms with E-state index in [4.69, 9.17) is 10.5 Å². The Labute approximate surface area is 137 Å². The largest absolute Gasteiger partial charge is 0.380 e. The van der Waals surface area contributed by atoms with Gasteiger partial charge in [-0.2, -0.15) is 0 Å². The Morgan fingerprint density at radius 1 is 1.26 bits per heavy atom. The zero-order valence-electron chi connectivity index (χ0n) is 14.0. The molecular formula is C17H25N3O3. The van der Waals surface area contributed by atoms with Crippen molar-refractivity contribution in [2.75, 3.05) is 26.7 Å². The van der Waals surface area contributed by atoms with Crippen molar-refractivity contribution in [3.05, 3.63) is 35.4 Å². The predicted molar refractivity (Wildman–Crippen MR) is 87.9 cm³/mol. The van der Waals surface area contributed by atoms with Crippen LogP contribution in [0.5, 0.6) is 0 Å². The summed E-state index contributed by atoms with van der Waals surface area (Å²) in [5.74, 6) is -0.449. The lowest BCUT2D eigenvalue weighted by Gasteiger charge is -2.42. The molecule has 1 fully saturated rings. The van der Waals surface area contributed by atoms with Gasteiger partial charge in [-0.1, -0.05) is 12.1 Å². The Hall–Kier alpha value is -1.92. The summed E-state index contributed by atoms with van der Waals surface area (Å²) in [7, 11) is 1.64. The molecule has 2 amide bonds. The molecule has 1 aliphatic heterocycles. The number of carbonyl (C=O) groups is 2. The second kappa shape index (κ2) is 7.57. The Morgan fingerprint density at radius 2 is 1.91 bits per heavy atom. The van der Waals surface area contributed by atoms with E-state index in [2.05, 4.69) is 0 Å². The van der Waals surface area contributed by atoms with E-state index in [1.54, 1.807) is 24.1 Å². The van der Waals surface area contributed by atoms with Crippen LogP contribution >= 0.6 is 0 Å². The number of benzene rings is 1. The number of hydrogen-bond acceptors (Lipinski definition) is 4. The first kappa shape index (κ1) is 17.4. The molecule has 0 aliphatic carbocycles. The summed E-state index contributed by atoms with van der Waals surface area (Å²) >= 11 is 0. The monoisotopic (exact) mass is 319 g/mol. The highest BCUT2D eigenvalue weighted by Crippen LogP contribution is 2.16. The van der Waals surface area contributed by atoms with Gasteiger partial charge in [-0.05, 0) is 31.5 Å². The Kier molecular flexibility index (Phi) is 5.74. The lowest BCUT2D eigenvalue weighted by Crippen LogP contribution is -2.61. The highest BCUT2D eigenvalue weighted by Gasteiger charge is 2.34. The van der Waals surface area contributed by atoms with E-state index in [9.17, 15) is 9.59 Å². The number of amides is 2. The molecule has 0 radical (unpaired) electrons.